The van der Waals surface area contributed by atoms with Crippen molar-refractivity contribution in [2.24, 2.45) is 0 Å². The van der Waals surface area contributed by atoms with Gasteiger partial charge in [0.2, 0.25) is 0 Å². The molecule has 0 fully saturated rings. The molecule has 1 aromatic heterocycles. The second-order valence-corrected chi connectivity index (χ2v) is 7.06. The van der Waals surface area contributed by atoms with Gasteiger partial charge in [0.25, 0.3) is 0 Å². The monoisotopic (exact) mass is 303 g/mol. The number of carbonyl (C=O) groups is 1. The summed E-state index contributed by atoms with van der Waals surface area (Å²) in [6.45, 7) is 7.89. The van der Waals surface area contributed by atoms with Crippen molar-refractivity contribution in [3.05, 3.63) is 33.8 Å². The molecule has 0 saturated carbocycles. The first-order valence-electron chi connectivity index (χ1n) is 6.80. The molecule has 0 spiro atoms. The molecule has 0 atom stereocenters. The molecule has 0 saturated heterocycles. The normalized spacial score (nSPS) is 15.6. The van der Waals surface area contributed by atoms with Crippen LogP contribution < -0.4 is 4.74 Å². The Labute approximate surface area is 127 Å². The van der Waals surface area contributed by atoms with Crippen LogP contribution in [0.25, 0.3) is 10.6 Å². The highest BCUT2D eigenvalue weighted by atomic mass is 32.1. The molecular weight excluding hydrogens is 286 g/mol. The van der Waals surface area contributed by atoms with Crippen LogP contribution in [0.5, 0.6) is 5.75 Å². The van der Waals surface area contributed by atoms with Crippen LogP contribution in [0.15, 0.2) is 12.1 Å². The molecular formula is C16H17NO3S. The van der Waals surface area contributed by atoms with E-state index in [9.17, 15) is 4.79 Å². The van der Waals surface area contributed by atoms with E-state index in [4.69, 9.17) is 9.84 Å². The van der Waals surface area contributed by atoms with Crippen molar-refractivity contribution in [1.82, 2.24) is 4.98 Å². The number of nitrogens with zero attached hydrogens (tertiary/aromatic N) is 1. The van der Waals surface area contributed by atoms with Crippen LogP contribution in [-0.4, -0.2) is 21.7 Å². The number of hydrogen-bond donors (Lipinski definition) is 1. The Bertz CT molecular complexity index is 746. The number of fused-ring (bicyclic) bond motifs is 1. The molecule has 5 heteroatoms. The fourth-order valence-electron chi connectivity index (χ4n) is 2.74. The lowest BCUT2D eigenvalue weighted by atomic mass is 9.98. The van der Waals surface area contributed by atoms with Crippen molar-refractivity contribution < 1.29 is 14.6 Å². The topological polar surface area (TPSA) is 59.4 Å². The van der Waals surface area contributed by atoms with Crippen LogP contribution >= 0.6 is 11.3 Å². The van der Waals surface area contributed by atoms with E-state index in [2.05, 4.69) is 24.9 Å². The maximum atomic E-state index is 11.2. The average Bonchev–Trinajstić information content (AvgIpc) is 2.88. The second-order valence-electron chi connectivity index (χ2n) is 6.06. The molecule has 1 aliphatic heterocycles. The smallest absolute Gasteiger partial charge is 0.347 e. The van der Waals surface area contributed by atoms with Crippen LogP contribution in [0, 0.1) is 13.8 Å². The Morgan fingerprint density at radius 1 is 1.38 bits per heavy atom. The zero-order valence-electron chi connectivity index (χ0n) is 12.5. The summed E-state index contributed by atoms with van der Waals surface area (Å²) in [5.41, 5.74) is 3.58. The lowest BCUT2D eigenvalue weighted by Crippen LogP contribution is -2.24. The highest BCUT2D eigenvalue weighted by molar-refractivity contribution is 7.17. The van der Waals surface area contributed by atoms with Gasteiger partial charge in [0.15, 0.2) is 0 Å². The molecule has 1 aliphatic rings. The highest BCUT2D eigenvalue weighted by Gasteiger charge is 2.31. The fourth-order valence-corrected chi connectivity index (χ4v) is 3.63. The van der Waals surface area contributed by atoms with Crippen molar-refractivity contribution in [2.45, 2.75) is 39.7 Å². The predicted octanol–water partition coefficient (Wildman–Crippen LogP) is 3.84. The SMILES string of the molecule is Cc1cc(-c2nc(C)c(C(=O)O)s2)cc2c1OC(C)(C)C2. The van der Waals surface area contributed by atoms with Gasteiger partial charge in [-0.2, -0.15) is 0 Å². The summed E-state index contributed by atoms with van der Waals surface area (Å²) >= 11 is 1.22. The molecule has 21 heavy (non-hydrogen) atoms. The minimum Gasteiger partial charge on any atom is -0.487 e. The zero-order chi connectivity index (χ0) is 15.4. The van der Waals surface area contributed by atoms with Gasteiger partial charge < -0.3 is 9.84 Å². The van der Waals surface area contributed by atoms with E-state index in [0.29, 0.717) is 10.6 Å². The van der Waals surface area contributed by atoms with Gasteiger partial charge in [-0.3, -0.25) is 0 Å². The van der Waals surface area contributed by atoms with E-state index in [-0.39, 0.29) is 5.60 Å². The van der Waals surface area contributed by atoms with Crippen LogP contribution in [0.2, 0.25) is 0 Å². The van der Waals surface area contributed by atoms with E-state index in [1.807, 2.05) is 13.0 Å². The van der Waals surface area contributed by atoms with Gasteiger partial charge >= 0.3 is 5.97 Å². The summed E-state index contributed by atoms with van der Waals surface area (Å²) in [4.78, 5) is 15.9. The number of ether oxygens (including phenoxy) is 1. The molecule has 110 valence electrons. The molecule has 1 N–H and O–H groups in total. The Morgan fingerprint density at radius 3 is 2.71 bits per heavy atom. The summed E-state index contributed by atoms with van der Waals surface area (Å²) in [5.74, 6) is 0.0362. The summed E-state index contributed by atoms with van der Waals surface area (Å²) in [6.07, 6.45) is 0.854. The summed E-state index contributed by atoms with van der Waals surface area (Å²) in [7, 11) is 0. The molecule has 0 radical (unpaired) electrons. The quantitative estimate of drug-likeness (QED) is 0.915. The van der Waals surface area contributed by atoms with Crippen molar-refractivity contribution in [2.75, 3.05) is 0 Å². The third-order valence-electron chi connectivity index (χ3n) is 3.58. The first-order valence-corrected chi connectivity index (χ1v) is 7.62. The molecule has 2 aromatic rings. The van der Waals surface area contributed by atoms with E-state index >= 15 is 0 Å². The molecule has 3 rings (SSSR count). The maximum Gasteiger partial charge on any atom is 0.347 e. The molecule has 0 amide bonds. The van der Waals surface area contributed by atoms with Crippen LogP contribution in [0.4, 0.5) is 0 Å². The number of thiazole rings is 1. The summed E-state index contributed by atoms with van der Waals surface area (Å²) < 4.78 is 5.97. The van der Waals surface area contributed by atoms with E-state index in [0.717, 1.165) is 28.3 Å². The minimum atomic E-state index is -0.918. The number of aromatic nitrogens is 1. The van der Waals surface area contributed by atoms with Crippen LogP contribution in [-0.2, 0) is 6.42 Å². The molecule has 2 heterocycles. The van der Waals surface area contributed by atoms with Crippen LogP contribution in [0.1, 0.15) is 40.3 Å². The van der Waals surface area contributed by atoms with E-state index < -0.39 is 5.97 Å². The predicted molar refractivity (Wildman–Crippen MR) is 82.4 cm³/mol. The number of hydrogen-bond acceptors (Lipinski definition) is 4. The van der Waals surface area contributed by atoms with Gasteiger partial charge in [-0.25, -0.2) is 9.78 Å². The van der Waals surface area contributed by atoms with E-state index in [1.165, 1.54) is 16.9 Å². The number of aromatic carboxylic acids is 1. The van der Waals surface area contributed by atoms with Gasteiger partial charge in [-0.05, 0) is 51.0 Å². The van der Waals surface area contributed by atoms with Gasteiger partial charge in [0, 0.05) is 12.0 Å². The van der Waals surface area contributed by atoms with E-state index in [1.54, 1.807) is 6.92 Å². The number of carboxylic acid groups (broad SMARTS) is 1. The second kappa shape index (κ2) is 4.56. The first kappa shape index (κ1) is 14.1. The zero-order valence-corrected chi connectivity index (χ0v) is 13.3. The van der Waals surface area contributed by atoms with Crippen LogP contribution in [0.3, 0.4) is 0 Å². The molecule has 4 nitrogen and oxygen atoms in total. The number of rotatable bonds is 2. The summed E-state index contributed by atoms with van der Waals surface area (Å²) in [5, 5.41) is 9.90. The molecule has 0 unspecified atom stereocenters. The third-order valence-corrected chi connectivity index (χ3v) is 4.78. The molecule has 1 aromatic carbocycles. The molecule has 0 aliphatic carbocycles. The maximum absolute atomic E-state index is 11.2. The van der Waals surface area contributed by atoms with Crippen molar-refractivity contribution >= 4 is 17.3 Å². The Balaban J connectivity index is 2.08. The fraction of sp³-hybridized carbons (Fsp3) is 0.375. The number of aryl methyl sites for hydroxylation is 2. The van der Waals surface area contributed by atoms with Gasteiger partial charge in [-0.15, -0.1) is 11.3 Å². The lowest BCUT2D eigenvalue weighted by Gasteiger charge is -2.17. The first-order chi connectivity index (χ1) is 9.77. The average molecular weight is 303 g/mol. The minimum absolute atomic E-state index is 0.184. The molecule has 0 bridgehead atoms. The standard InChI is InChI=1S/C16H17NO3S/c1-8-5-10(6-11-7-16(3,4)20-12(8)11)14-17-9(2)13(21-14)15(18)19/h5-6H,7H2,1-4H3,(H,18,19). The Morgan fingerprint density at radius 2 is 2.10 bits per heavy atom. The lowest BCUT2D eigenvalue weighted by molar-refractivity contribution is 0.0701. The Hall–Kier alpha value is -1.88. The summed E-state index contributed by atoms with van der Waals surface area (Å²) in [6, 6.07) is 4.09. The van der Waals surface area contributed by atoms with Crippen molar-refractivity contribution in [3.63, 3.8) is 0 Å². The van der Waals surface area contributed by atoms with Gasteiger partial charge in [0.1, 0.15) is 21.2 Å². The number of carboxylic acids is 1. The third kappa shape index (κ3) is 2.42. The van der Waals surface area contributed by atoms with Gasteiger partial charge in [0.05, 0.1) is 5.69 Å². The van der Waals surface area contributed by atoms with Gasteiger partial charge in [-0.1, -0.05) is 0 Å². The van der Waals surface area contributed by atoms with Crippen molar-refractivity contribution in [3.8, 4) is 16.3 Å². The number of benzene rings is 1. The Kier molecular flexibility index (Phi) is 3.06. The van der Waals surface area contributed by atoms with Crippen molar-refractivity contribution in [1.29, 1.82) is 0 Å². The highest BCUT2D eigenvalue weighted by Crippen LogP contribution is 2.41. The largest absolute Gasteiger partial charge is 0.487 e.